The van der Waals surface area contributed by atoms with Crippen molar-refractivity contribution in [3.05, 3.63) is 65.2 Å². The third kappa shape index (κ3) is 4.04. The molecule has 1 fully saturated rings. The summed E-state index contributed by atoms with van der Waals surface area (Å²) in [5, 5.41) is 14.3. The molecule has 0 saturated carbocycles. The maximum Gasteiger partial charge on any atom is 0.341 e. The Bertz CT molecular complexity index is 967. The van der Waals surface area contributed by atoms with E-state index in [0.29, 0.717) is 42.8 Å². The normalized spacial score (nSPS) is 20.7. The van der Waals surface area contributed by atoms with Gasteiger partial charge in [0.1, 0.15) is 23.5 Å². The molecule has 2 aromatic rings. The molecule has 0 N–H and O–H groups in total. The van der Waals surface area contributed by atoms with Crippen molar-refractivity contribution >= 4 is 12.2 Å². The topological polar surface area (TPSA) is 68.9 Å². The second-order valence-corrected chi connectivity index (χ2v) is 6.99. The molecule has 0 bridgehead atoms. The van der Waals surface area contributed by atoms with E-state index < -0.39 is 17.7 Å². The maximum atomic E-state index is 13.6. The van der Waals surface area contributed by atoms with Gasteiger partial charge in [0.25, 0.3) is 0 Å². The molecule has 4 rings (SSSR count). The molecule has 1 saturated heterocycles. The van der Waals surface area contributed by atoms with E-state index in [1.807, 2.05) is 0 Å². The summed E-state index contributed by atoms with van der Waals surface area (Å²) in [5.41, 5.74) is 0.922. The Morgan fingerprint density at radius 3 is 2.59 bits per heavy atom. The Morgan fingerprint density at radius 2 is 1.90 bits per heavy atom. The van der Waals surface area contributed by atoms with Crippen molar-refractivity contribution in [2.75, 3.05) is 13.1 Å². The molecule has 6 nitrogen and oxygen atoms in total. The van der Waals surface area contributed by atoms with Crippen LogP contribution in [-0.4, -0.2) is 41.3 Å². The predicted molar refractivity (Wildman–Crippen MR) is 101 cm³/mol. The number of benzene rings is 2. The minimum Gasteiger partial charge on any atom is -0.489 e. The summed E-state index contributed by atoms with van der Waals surface area (Å²) in [6.07, 6.45) is 2.45. The smallest absolute Gasteiger partial charge is 0.341 e. The van der Waals surface area contributed by atoms with Gasteiger partial charge in [-0.1, -0.05) is 0 Å². The van der Waals surface area contributed by atoms with E-state index in [9.17, 15) is 13.6 Å². The highest BCUT2D eigenvalue weighted by Gasteiger charge is 2.36. The maximum absolute atomic E-state index is 13.6. The summed E-state index contributed by atoms with van der Waals surface area (Å²) < 4.78 is 33.1. The highest BCUT2D eigenvalue weighted by atomic mass is 19.1. The summed E-state index contributed by atoms with van der Waals surface area (Å²) in [6, 6.07) is 11.2. The first-order valence-corrected chi connectivity index (χ1v) is 9.27. The summed E-state index contributed by atoms with van der Waals surface area (Å²) in [4.78, 5) is 14.6. The quantitative estimate of drug-likeness (QED) is 0.792. The Labute approximate surface area is 166 Å². The minimum atomic E-state index is -0.684. The summed E-state index contributed by atoms with van der Waals surface area (Å²) in [5.74, 6) is -0.733. The molecular formula is C21H18F2N4O2. The number of nitriles is 1. The van der Waals surface area contributed by atoms with E-state index in [-0.39, 0.29) is 12.1 Å². The van der Waals surface area contributed by atoms with Crippen molar-refractivity contribution in [1.29, 1.82) is 5.26 Å². The molecule has 2 aliphatic rings. The number of ether oxygens (including phenoxy) is 1. The number of hydrazone groups is 1. The average Bonchev–Trinajstić information content (AvgIpc) is 3.37. The number of hydrogen-bond donors (Lipinski definition) is 0. The molecule has 2 aliphatic heterocycles. The Hall–Kier alpha value is -3.47. The highest BCUT2D eigenvalue weighted by molar-refractivity contribution is 5.78. The van der Waals surface area contributed by atoms with E-state index >= 15 is 0 Å². The van der Waals surface area contributed by atoms with Crippen LogP contribution in [0.3, 0.4) is 0 Å². The van der Waals surface area contributed by atoms with E-state index in [4.69, 9.17) is 10.00 Å². The number of halogens is 2. The molecule has 8 heteroatoms. The van der Waals surface area contributed by atoms with Crippen LogP contribution in [0.5, 0.6) is 5.75 Å². The average molecular weight is 396 g/mol. The van der Waals surface area contributed by atoms with Crippen molar-refractivity contribution in [2.45, 2.75) is 25.0 Å². The second kappa shape index (κ2) is 7.87. The monoisotopic (exact) mass is 396 g/mol. The number of hydrogen-bond acceptors (Lipinski definition) is 4. The van der Waals surface area contributed by atoms with Crippen molar-refractivity contribution in [3.8, 4) is 11.8 Å². The fraction of sp³-hybridized carbons (Fsp3) is 0.286. The van der Waals surface area contributed by atoms with Crippen LogP contribution in [-0.2, 0) is 0 Å². The van der Waals surface area contributed by atoms with Gasteiger partial charge < -0.3 is 9.64 Å². The van der Waals surface area contributed by atoms with Gasteiger partial charge in [0.2, 0.25) is 0 Å². The van der Waals surface area contributed by atoms with Crippen LogP contribution in [0.15, 0.2) is 47.6 Å². The molecular weight excluding hydrogens is 378 g/mol. The lowest BCUT2D eigenvalue weighted by Gasteiger charge is -2.27. The minimum absolute atomic E-state index is 0.177. The van der Waals surface area contributed by atoms with Crippen molar-refractivity contribution in [2.24, 2.45) is 5.10 Å². The van der Waals surface area contributed by atoms with Gasteiger partial charge in [-0.15, -0.1) is 0 Å². The third-order valence-electron chi connectivity index (χ3n) is 5.00. The lowest BCUT2D eigenvalue weighted by Crippen LogP contribution is -2.40. The summed E-state index contributed by atoms with van der Waals surface area (Å²) in [7, 11) is 0. The molecule has 148 valence electrons. The first-order chi connectivity index (χ1) is 14.0. The molecule has 0 unspecified atom stereocenters. The molecule has 2 atom stereocenters. The van der Waals surface area contributed by atoms with E-state index in [1.165, 1.54) is 17.1 Å². The number of urea groups is 1. The van der Waals surface area contributed by atoms with Crippen LogP contribution < -0.4 is 4.74 Å². The Morgan fingerprint density at radius 1 is 1.17 bits per heavy atom. The van der Waals surface area contributed by atoms with E-state index in [0.717, 1.165) is 6.07 Å². The zero-order valence-electron chi connectivity index (χ0n) is 15.5. The molecule has 0 radical (unpaired) electrons. The fourth-order valence-corrected chi connectivity index (χ4v) is 3.59. The first kappa shape index (κ1) is 18.9. The summed E-state index contributed by atoms with van der Waals surface area (Å²) in [6.45, 7) is 0.880. The first-order valence-electron chi connectivity index (χ1n) is 9.27. The lowest BCUT2D eigenvalue weighted by molar-refractivity contribution is 0.142. The zero-order chi connectivity index (χ0) is 20.4. The van der Waals surface area contributed by atoms with Gasteiger partial charge in [-0.2, -0.15) is 10.4 Å². The molecule has 29 heavy (non-hydrogen) atoms. The van der Waals surface area contributed by atoms with Gasteiger partial charge >= 0.3 is 6.03 Å². The van der Waals surface area contributed by atoms with Crippen LogP contribution in [0.1, 0.15) is 30.0 Å². The lowest BCUT2D eigenvalue weighted by atomic mass is 10.0. The number of amides is 2. The van der Waals surface area contributed by atoms with E-state index in [2.05, 4.69) is 11.2 Å². The van der Waals surface area contributed by atoms with Gasteiger partial charge in [0.05, 0.1) is 24.2 Å². The highest BCUT2D eigenvalue weighted by Crippen LogP contribution is 2.31. The van der Waals surface area contributed by atoms with Gasteiger partial charge in [0, 0.05) is 31.7 Å². The zero-order valence-corrected chi connectivity index (χ0v) is 15.5. The SMILES string of the molecule is N#Cc1ccc(O[C@@H]2CCN(C(=O)N3N=CC[C@H]3c3cc(F)cc(F)c3)C2)cc1. The second-order valence-electron chi connectivity index (χ2n) is 6.99. The number of nitrogens with zero attached hydrogens (tertiary/aromatic N) is 4. The largest absolute Gasteiger partial charge is 0.489 e. The molecule has 2 aromatic carbocycles. The standard InChI is InChI=1S/C21H18F2N4O2/c22-16-9-15(10-17(23)11-16)20-5-7-25-27(20)21(28)26-8-6-19(13-26)29-18-3-1-14(12-24)2-4-18/h1-4,7,9-11,19-20H,5-6,8,13H2/t19-,20+/m1/s1. The summed E-state index contributed by atoms with van der Waals surface area (Å²) >= 11 is 0. The molecule has 0 aromatic heterocycles. The van der Waals surface area contributed by atoms with Gasteiger partial charge in [-0.25, -0.2) is 18.6 Å². The number of rotatable bonds is 3. The molecule has 0 aliphatic carbocycles. The predicted octanol–water partition coefficient (Wildman–Crippen LogP) is 3.84. The van der Waals surface area contributed by atoms with Crippen molar-refractivity contribution in [1.82, 2.24) is 9.91 Å². The van der Waals surface area contributed by atoms with Crippen LogP contribution in [0.2, 0.25) is 0 Å². The van der Waals surface area contributed by atoms with Gasteiger partial charge in [-0.05, 0) is 42.0 Å². The van der Waals surface area contributed by atoms with Gasteiger partial charge in [0.15, 0.2) is 0 Å². The van der Waals surface area contributed by atoms with Crippen LogP contribution in [0, 0.1) is 23.0 Å². The van der Waals surface area contributed by atoms with Crippen LogP contribution >= 0.6 is 0 Å². The number of carbonyl (C=O) groups is 1. The number of carbonyl (C=O) groups excluding carboxylic acids is 1. The third-order valence-corrected chi connectivity index (χ3v) is 5.00. The van der Waals surface area contributed by atoms with Gasteiger partial charge in [-0.3, -0.25) is 0 Å². The number of likely N-dealkylation sites (tertiary alicyclic amines) is 1. The van der Waals surface area contributed by atoms with Crippen molar-refractivity contribution < 1.29 is 18.3 Å². The molecule has 2 amide bonds. The molecule has 0 spiro atoms. The van der Waals surface area contributed by atoms with Crippen molar-refractivity contribution in [3.63, 3.8) is 0 Å². The molecule has 2 heterocycles. The Kier molecular flexibility index (Phi) is 5.12. The van der Waals surface area contributed by atoms with E-state index in [1.54, 1.807) is 35.4 Å². The fourth-order valence-electron chi connectivity index (χ4n) is 3.59. The van der Waals surface area contributed by atoms with Crippen LogP contribution in [0.4, 0.5) is 13.6 Å². The van der Waals surface area contributed by atoms with Crippen LogP contribution in [0.25, 0.3) is 0 Å². The Balaban J connectivity index is 1.41.